The van der Waals surface area contributed by atoms with Crippen molar-refractivity contribution in [1.29, 1.82) is 0 Å². The summed E-state index contributed by atoms with van der Waals surface area (Å²) < 4.78 is 6.05. The Kier molecular flexibility index (Phi) is 6.88. The molecule has 5 rings (SSSR count). The van der Waals surface area contributed by atoms with E-state index in [1.165, 1.54) is 11.8 Å². The molecule has 5 nitrogen and oxygen atoms in total. The molecule has 3 aromatic rings. The van der Waals surface area contributed by atoms with Crippen molar-refractivity contribution in [2.24, 2.45) is 4.99 Å². The molecular weight excluding hydrogens is 466 g/mol. The summed E-state index contributed by atoms with van der Waals surface area (Å²) in [4.78, 5) is 22.1. The Morgan fingerprint density at radius 2 is 1.65 bits per heavy atom. The predicted molar refractivity (Wildman–Crippen MR) is 140 cm³/mol. The van der Waals surface area contributed by atoms with Crippen LogP contribution in [0.4, 0.5) is 5.69 Å². The van der Waals surface area contributed by atoms with Crippen molar-refractivity contribution in [3.05, 3.63) is 99.9 Å². The van der Waals surface area contributed by atoms with Gasteiger partial charge in [-0.2, -0.15) is 4.99 Å². The molecule has 2 aliphatic heterocycles. The normalized spacial score (nSPS) is 17.3. The zero-order valence-corrected chi connectivity index (χ0v) is 20.1. The molecule has 2 heterocycles. The van der Waals surface area contributed by atoms with Gasteiger partial charge in [-0.25, -0.2) is 0 Å². The van der Waals surface area contributed by atoms with Crippen molar-refractivity contribution in [2.75, 3.05) is 31.1 Å². The largest absolute Gasteiger partial charge is 0.488 e. The number of amidine groups is 1. The molecule has 0 atom stereocenters. The fourth-order valence-electron chi connectivity index (χ4n) is 3.97. The maximum Gasteiger partial charge on any atom is 0.286 e. The standard InChI is InChI=1S/C27H24ClN3O2S/c28-22-10-6-11-23(18-22)30-13-15-31(16-14-30)27-29-26(32)25(34-27)17-21-9-4-5-12-24(21)33-19-20-7-2-1-3-8-20/h1-12,17-18H,13-16,19H2/b25-17+. The minimum atomic E-state index is -0.199. The van der Waals surface area contributed by atoms with Crippen molar-refractivity contribution < 1.29 is 9.53 Å². The van der Waals surface area contributed by atoms with Crippen LogP contribution in [0.25, 0.3) is 6.08 Å². The van der Waals surface area contributed by atoms with E-state index >= 15 is 0 Å². The zero-order chi connectivity index (χ0) is 23.3. The Morgan fingerprint density at radius 3 is 2.44 bits per heavy atom. The molecule has 0 aromatic heterocycles. The average molecular weight is 490 g/mol. The van der Waals surface area contributed by atoms with Crippen LogP contribution < -0.4 is 9.64 Å². The van der Waals surface area contributed by atoms with Crippen LogP contribution >= 0.6 is 23.4 Å². The third-order valence-corrected chi connectivity index (χ3v) is 7.06. The number of hydrogen-bond donors (Lipinski definition) is 0. The highest BCUT2D eigenvalue weighted by molar-refractivity contribution is 8.18. The molecule has 2 aliphatic rings. The van der Waals surface area contributed by atoms with Crippen molar-refractivity contribution in [3.8, 4) is 5.75 Å². The predicted octanol–water partition coefficient (Wildman–Crippen LogP) is 5.71. The topological polar surface area (TPSA) is 45.1 Å². The first-order valence-corrected chi connectivity index (χ1v) is 12.4. The van der Waals surface area contributed by atoms with Crippen LogP contribution in [-0.4, -0.2) is 42.2 Å². The zero-order valence-electron chi connectivity index (χ0n) is 18.6. The summed E-state index contributed by atoms with van der Waals surface area (Å²) in [6, 6.07) is 25.7. The molecule has 172 valence electrons. The molecule has 0 aliphatic carbocycles. The van der Waals surface area contributed by atoms with Crippen LogP contribution in [0.3, 0.4) is 0 Å². The Hall–Kier alpha value is -3.22. The number of anilines is 1. The molecule has 0 bridgehead atoms. The van der Waals surface area contributed by atoms with Gasteiger partial charge in [0.1, 0.15) is 12.4 Å². The smallest absolute Gasteiger partial charge is 0.286 e. The molecule has 0 radical (unpaired) electrons. The van der Waals surface area contributed by atoms with Gasteiger partial charge in [0.05, 0.1) is 4.91 Å². The number of aliphatic imine (C=N–C) groups is 1. The summed E-state index contributed by atoms with van der Waals surface area (Å²) in [5.74, 6) is 0.547. The van der Waals surface area contributed by atoms with Crippen LogP contribution in [-0.2, 0) is 11.4 Å². The van der Waals surface area contributed by atoms with Gasteiger partial charge in [0.15, 0.2) is 5.17 Å². The highest BCUT2D eigenvalue weighted by Crippen LogP contribution is 2.33. The fraction of sp³-hybridized carbons (Fsp3) is 0.185. The third kappa shape index (κ3) is 5.29. The van der Waals surface area contributed by atoms with Gasteiger partial charge >= 0.3 is 0 Å². The number of nitrogens with zero attached hydrogens (tertiary/aromatic N) is 3. The van der Waals surface area contributed by atoms with Gasteiger partial charge in [0.2, 0.25) is 0 Å². The minimum absolute atomic E-state index is 0.199. The highest BCUT2D eigenvalue weighted by atomic mass is 35.5. The molecule has 0 unspecified atom stereocenters. The number of thioether (sulfide) groups is 1. The number of hydrogen-bond acceptors (Lipinski definition) is 5. The van der Waals surface area contributed by atoms with Gasteiger partial charge in [0.25, 0.3) is 5.91 Å². The van der Waals surface area contributed by atoms with E-state index < -0.39 is 0 Å². The number of ether oxygens (including phenoxy) is 1. The molecular formula is C27H24ClN3O2S. The number of piperazine rings is 1. The minimum Gasteiger partial charge on any atom is -0.488 e. The summed E-state index contributed by atoms with van der Waals surface area (Å²) in [6.45, 7) is 3.78. The number of amides is 1. The lowest BCUT2D eigenvalue weighted by Gasteiger charge is -2.36. The molecule has 34 heavy (non-hydrogen) atoms. The van der Waals surface area contributed by atoms with Gasteiger partial charge in [-0.15, -0.1) is 0 Å². The number of para-hydroxylation sites is 1. The van der Waals surface area contributed by atoms with Gasteiger partial charge in [-0.05, 0) is 47.7 Å². The van der Waals surface area contributed by atoms with Gasteiger partial charge < -0.3 is 14.5 Å². The van der Waals surface area contributed by atoms with E-state index in [1.807, 2.05) is 78.9 Å². The highest BCUT2D eigenvalue weighted by Gasteiger charge is 2.28. The Balaban J connectivity index is 1.23. The SMILES string of the molecule is O=C1N=C(N2CCN(c3cccc(Cl)c3)CC2)S/C1=C/c1ccccc1OCc1ccccc1. The Morgan fingerprint density at radius 1 is 0.912 bits per heavy atom. The van der Waals surface area contributed by atoms with Crippen molar-refractivity contribution in [1.82, 2.24) is 4.90 Å². The molecule has 1 amide bonds. The van der Waals surface area contributed by atoms with E-state index in [2.05, 4.69) is 20.9 Å². The third-order valence-electron chi connectivity index (χ3n) is 5.78. The van der Waals surface area contributed by atoms with E-state index in [1.54, 1.807) is 0 Å². The van der Waals surface area contributed by atoms with Crippen molar-refractivity contribution in [3.63, 3.8) is 0 Å². The second kappa shape index (κ2) is 10.4. The second-order valence-corrected chi connectivity index (χ2v) is 9.52. The molecule has 0 spiro atoms. The monoisotopic (exact) mass is 489 g/mol. The van der Waals surface area contributed by atoms with Crippen LogP contribution in [0, 0.1) is 0 Å². The van der Waals surface area contributed by atoms with Crippen molar-refractivity contribution in [2.45, 2.75) is 6.61 Å². The van der Waals surface area contributed by atoms with Crippen LogP contribution in [0.5, 0.6) is 5.75 Å². The van der Waals surface area contributed by atoms with Gasteiger partial charge in [-0.3, -0.25) is 4.79 Å². The summed E-state index contributed by atoms with van der Waals surface area (Å²) in [5, 5.41) is 1.51. The number of carbonyl (C=O) groups is 1. The lowest BCUT2D eigenvalue weighted by molar-refractivity contribution is -0.113. The average Bonchev–Trinajstić information content (AvgIpc) is 3.24. The number of rotatable bonds is 5. The fourth-order valence-corrected chi connectivity index (χ4v) is 5.11. The molecule has 0 N–H and O–H groups in total. The Labute approximate surface area is 208 Å². The van der Waals surface area contributed by atoms with Crippen LogP contribution in [0.1, 0.15) is 11.1 Å². The maximum absolute atomic E-state index is 12.7. The van der Waals surface area contributed by atoms with Crippen molar-refractivity contribution >= 4 is 46.2 Å². The molecule has 3 aromatic carbocycles. The first-order chi connectivity index (χ1) is 16.7. The Bertz CT molecular complexity index is 1240. The van der Waals surface area contributed by atoms with E-state index in [0.29, 0.717) is 11.5 Å². The second-order valence-electron chi connectivity index (χ2n) is 8.08. The van der Waals surface area contributed by atoms with E-state index in [0.717, 1.165) is 58.9 Å². The number of halogens is 1. The van der Waals surface area contributed by atoms with E-state index in [4.69, 9.17) is 16.3 Å². The summed E-state index contributed by atoms with van der Waals surface area (Å²) in [5.41, 5.74) is 3.09. The van der Waals surface area contributed by atoms with Gasteiger partial charge in [-0.1, -0.05) is 66.2 Å². The first kappa shape index (κ1) is 22.6. The van der Waals surface area contributed by atoms with Crippen LogP contribution in [0.15, 0.2) is 88.8 Å². The maximum atomic E-state index is 12.7. The molecule has 1 fully saturated rings. The summed E-state index contributed by atoms with van der Waals surface area (Å²) in [7, 11) is 0. The van der Waals surface area contributed by atoms with Crippen LogP contribution in [0.2, 0.25) is 5.02 Å². The lowest BCUT2D eigenvalue weighted by atomic mass is 10.2. The molecule has 1 saturated heterocycles. The van der Waals surface area contributed by atoms with E-state index in [9.17, 15) is 4.79 Å². The quantitative estimate of drug-likeness (QED) is 0.429. The van der Waals surface area contributed by atoms with E-state index in [-0.39, 0.29) is 5.91 Å². The lowest BCUT2D eigenvalue weighted by Crippen LogP contribution is -2.47. The summed E-state index contributed by atoms with van der Waals surface area (Å²) in [6.07, 6.45) is 1.88. The number of benzene rings is 3. The molecule has 0 saturated carbocycles. The first-order valence-electron chi connectivity index (χ1n) is 11.2. The summed E-state index contributed by atoms with van der Waals surface area (Å²) >= 11 is 7.58. The molecule has 7 heteroatoms. The van der Waals surface area contributed by atoms with Gasteiger partial charge in [0, 0.05) is 42.5 Å². The number of carbonyl (C=O) groups excluding carboxylic acids is 1.